The number of esters is 1. The van der Waals surface area contributed by atoms with Crippen LogP contribution in [-0.2, 0) is 24.6 Å². The number of allylic oxidation sites excluding steroid dienone is 1. The molecule has 2 fully saturated rings. The first-order valence-electron chi connectivity index (χ1n) is 15.3. The van der Waals surface area contributed by atoms with E-state index in [1.165, 1.54) is 18.9 Å². The molecule has 0 radical (unpaired) electrons. The molecule has 8 heteroatoms. The zero-order valence-electron chi connectivity index (χ0n) is 25.1. The van der Waals surface area contributed by atoms with Crippen molar-refractivity contribution in [2.45, 2.75) is 10.3 Å². The largest absolute Gasteiger partial charge is 0.469 e. The Morgan fingerprint density at radius 2 is 1.51 bits per heavy atom. The molecule has 0 bridgehead atoms. The molecule has 4 aliphatic rings. The van der Waals surface area contributed by atoms with Crippen molar-refractivity contribution in [2.24, 2.45) is 5.92 Å². The third kappa shape index (κ3) is 3.70. The number of ketones is 2. The quantitative estimate of drug-likeness (QED) is 0.283. The molecule has 8 rings (SSSR count). The highest BCUT2D eigenvalue weighted by atomic mass is 32.2. The standard InChI is InChI=1S/C37H32N2O5S/c1-38-22-29(35(42)43-2)37(36(38)28-13-7-11-25-10-6-12-27(30(25)28)32(36)40)33(41)31(34(45-37)39-18-20-44-21-19-39)26-16-14-24(15-17-26)23-8-4-3-5-9-23/h3-17,29H,18-22H2,1-2H3/t29-,36-,37-/m0/s1. The van der Waals surface area contributed by atoms with Crippen LogP contribution >= 0.6 is 11.8 Å². The second-order valence-corrected chi connectivity index (χ2v) is 13.3. The van der Waals surface area contributed by atoms with Crippen LogP contribution in [-0.4, -0.2) is 79.1 Å². The molecule has 0 saturated carbocycles. The molecule has 3 heterocycles. The number of hydrogen-bond donors (Lipinski definition) is 0. The van der Waals surface area contributed by atoms with Gasteiger partial charge in [-0.05, 0) is 40.1 Å². The maximum atomic E-state index is 15.6. The Bertz CT molecular complexity index is 1910. The van der Waals surface area contributed by atoms with Gasteiger partial charge in [-0.1, -0.05) is 103 Å². The van der Waals surface area contributed by atoms with Crippen molar-refractivity contribution in [2.75, 3.05) is 47.0 Å². The highest BCUT2D eigenvalue weighted by molar-refractivity contribution is 8.06. The molecule has 0 amide bonds. The molecule has 45 heavy (non-hydrogen) atoms. The molecular weight excluding hydrogens is 584 g/mol. The number of ether oxygens (including phenoxy) is 2. The van der Waals surface area contributed by atoms with Crippen molar-refractivity contribution >= 4 is 45.6 Å². The summed E-state index contributed by atoms with van der Waals surface area (Å²) in [5.74, 6) is -1.72. The fourth-order valence-electron chi connectivity index (χ4n) is 8.06. The average Bonchev–Trinajstić information content (AvgIpc) is 3.65. The number of morpholine rings is 1. The monoisotopic (exact) mass is 616 g/mol. The second-order valence-electron chi connectivity index (χ2n) is 12.1. The van der Waals surface area contributed by atoms with Crippen LogP contribution < -0.4 is 0 Å². The number of thioether (sulfide) groups is 1. The normalized spacial score (nSPS) is 26.2. The lowest BCUT2D eigenvalue weighted by Gasteiger charge is -2.44. The molecule has 0 N–H and O–H groups in total. The molecule has 0 aromatic heterocycles. The molecule has 0 unspecified atom stereocenters. The number of likely N-dealkylation sites (tertiary alicyclic amines) is 1. The molecule has 7 nitrogen and oxygen atoms in total. The Balaban J connectivity index is 1.36. The minimum atomic E-state index is -1.49. The number of carbonyl (C=O) groups excluding carboxylic acids is 3. The average molecular weight is 617 g/mol. The van der Waals surface area contributed by atoms with Gasteiger partial charge in [0.2, 0.25) is 0 Å². The molecule has 3 aliphatic heterocycles. The van der Waals surface area contributed by atoms with Gasteiger partial charge in [-0.3, -0.25) is 19.3 Å². The number of nitrogens with zero attached hydrogens (tertiary/aromatic N) is 2. The van der Waals surface area contributed by atoms with E-state index in [1.54, 1.807) is 0 Å². The summed E-state index contributed by atoms with van der Waals surface area (Å²) in [4.78, 5) is 48.5. The Kier molecular flexibility index (Phi) is 6.53. The van der Waals surface area contributed by atoms with E-state index >= 15 is 4.79 Å². The Labute approximate surface area is 265 Å². The van der Waals surface area contributed by atoms with Gasteiger partial charge in [0.15, 0.2) is 11.6 Å². The van der Waals surface area contributed by atoms with Crippen LogP contribution in [0.3, 0.4) is 0 Å². The lowest BCUT2D eigenvalue weighted by Crippen LogP contribution is -2.61. The predicted molar refractivity (Wildman–Crippen MR) is 175 cm³/mol. The zero-order valence-corrected chi connectivity index (χ0v) is 25.9. The van der Waals surface area contributed by atoms with Gasteiger partial charge in [0.25, 0.3) is 0 Å². The Morgan fingerprint density at radius 3 is 2.22 bits per heavy atom. The van der Waals surface area contributed by atoms with E-state index in [4.69, 9.17) is 9.47 Å². The van der Waals surface area contributed by atoms with Crippen molar-refractivity contribution in [3.05, 3.63) is 113 Å². The molecular formula is C37H32N2O5S. The maximum absolute atomic E-state index is 15.6. The van der Waals surface area contributed by atoms with Gasteiger partial charge in [0.1, 0.15) is 10.3 Å². The molecule has 3 atom stereocenters. The minimum Gasteiger partial charge on any atom is -0.469 e. The van der Waals surface area contributed by atoms with Crippen molar-refractivity contribution in [1.82, 2.24) is 9.80 Å². The fourth-order valence-corrected chi connectivity index (χ4v) is 10.0. The van der Waals surface area contributed by atoms with Gasteiger partial charge >= 0.3 is 5.97 Å². The van der Waals surface area contributed by atoms with Crippen LogP contribution in [0.25, 0.3) is 27.5 Å². The van der Waals surface area contributed by atoms with Gasteiger partial charge in [-0.15, -0.1) is 0 Å². The highest BCUT2D eigenvalue weighted by Crippen LogP contribution is 2.67. The minimum absolute atomic E-state index is 0.147. The molecule has 4 aromatic carbocycles. The Hall–Kier alpha value is -4.24. The first kappa shape index (κ1) is 28.2. The molecule has 4 aromatic rings. The first-order chi connectivity index (χ1) is 21.9. The van der Waals surface area contributed by atoms with E-state index in [2.05, 4.69) is 17.0 Å². The number of carbonyl (C=O) groups is 3. The summed E-state index contributed by atoms with van der Waals surface area (Å²) in [6, 6.07) is 29.8. The number of fused-ring (bicyclic) bond motifs is 2. The summed E-state index contributed by atoms with van der Waals surface area (Å²) >= 11 is 1.39. The molecule has 1 aliphatic carbocycles. The van der Waals surface area contributed by atoms with Gasteiger partial charge in [-0.25, -0.2) is 0 Å². The number of likely N-dealkylation sites (N-methyl/N-ethyl adjacent to an activating group) is 1. The highest BCUT2D eigenvalue weighted by Gasteiger charge is 2.78. The summed E-state index contributed by atoms with van der Waals surface area (Å²) in [6.45, 7) is 2.47. The number of hydrogen-bond acceptors (Lipinski definition) is 8. The summed E-state index contributed by atoms with van der Waals surface area (Å²) in [7, 11) is 3.22. The number of Topliss-reactive ketones (excluding diaryl/α,β-unsaturated/α-hetero) is 2. The van der Waals surface area contributed by atoms with Crippen LogP contribution in [0.2, 0.25) is 0 Å². The zero-order chi connectivity index (χ0) is 30.9. The first-order valence-corrected chi connectivity index (χ1v) is 16.1. The van der Waals surface area contributed by atoms with Crippen LogP contribution in [0, 0.1) is 5.92 Å². The van der Waals surface area contributed by atoms with Crippen molar-refractivity contribution < 1.29 is 23.9 Å². The van der Waals surface area contributed by atoms with Crippen LogP contribution in [0.5, 0.6) is 0 Å². The predicted octanol–water partition coefficient (Wildman–Crippen LogP) is 5.39. The summed E-state index contributed by atoms with van der Waals surface area (Å²) in [6.07, 6.45) is 0. The summed E-state index contributed by atoms with van der Waals surface area (Å²) < 4.78 is 9.61. The number of methoxy groups -OCH3 is 1. The van der Waals surface area contributed by atoms with Gasteiger partial charge < -0.3 is 14.4 Å². The third-order valence-corrected chi connectivity index (χ3v) is 11.8. The fraction of sp³-hybridized carbons (Fsp3) is 0.270. The Morgan fingerprint density at radius 1 is 0.844 bits per heavy atom. The second kappa shape index (κ2) is 10.4. The van der Waals surface area contributed by atoms with E-state index in [0.717, 1.165) is 38.1 Å². The van der Waals surface area contributed by atoms with Crippen LogP contribution in [0.4, 0.5) is 0 Å². The van der Waals surface area contributed by atoms with Crippen molar-refractivity contribution in [3.63, 3.8) is 0 Å². The van der Waals surface area contributed by atoms with Gasteiger partial charge in [-0.2, -0.15) is 0 Å². The van der Waals surface area contributed by atoms with E-state index in [1.807, 2.05) is 90.8 Å². The van der Waals surface area contributed by atoms with E-state index in [-0.39, 0.29) is 18.1 Å². The van der Waals surface area contributed by atoms with Crippen LogP contribution in [0.1, 0.15) is 21.5 Å². The molecule has 226 valence electrons. The lowest BCUT2D eigenvalue weighted by molar-refractivity contribution is -0.147. The molecule has 2 spiro atoms. The van der Waals surface area contributed by atoms with Crippen LogP contribution in [0.15, 0.2) is 96.0 Å². The number of benzene rings is 4. The van der Waals surface area contributed by atoms with Gasteiger partial charge in [0, 0.05) is 25.2 Å². The lowest BCUT2D eigenvalue weighted by atomic mass is 9.69. The molecule has 2 saturated heterocycles. The van der Waals surface area contributed by atoms with E-state index in [0.29, 0.717) is 37.4 Å². The smallest absolute Gasteiger partial charge is 0.311 e. The van der Waals surface area contributed by atoms with E-state index in [9.17, 15) is 9.59 Å². The topological polar surface area (TPSA) is 76.2 Å². The van der Waals surface area contributed by atoms with Gasteiger partial charge in [0.05, 0.1) is 36.8 Å². The SMILES string of the molecule is COC(=O)[C@@H]1CN(C)[C@@]2(C(=O)c3cccc4cccc2c34)[C@]12SC(N1CCOCC1)=C(c1ccc(-c3ccccc3)cc1)C2=O. The summed E-state index contributed by atoms with van der Waals surface area (Å²) in [5, 5.41) is 2.58. The van der Waals surface area contributed by atoms with Crippen molar-refractivity contribution in [3.8, 4) is 11.1 Å². The summed E-state index contributed by atoms with van der Waals surface area (Å²) in [5.41, 5.74) is 3.39. The van der Waals surface area contributed by atoms with E-state index < -0.39 is 22.2 Å². The maximum Gasteiger partial charge on any atom is 0.311 e. The third-order valence-electron chi connectivity index (χ3n) is 10.0. The number of rotatable bonds is 4. The van der Waals surface area contributed by atoms with Crippen molar-refractivity contribution in [1.29, 1.82) is 0 Å².